The Labute approximate surface area is 142 Å². The zero-order valence-electron chi connectivity index (χ0n) is 12.2. The number of anilines is 1. The summed E-state index contributed by atoms with van der Waals surface area (Å²) < 4.78 is 5.45. The zero-order chi connectivity index (χ0) is 16.8. The molecule has 0 saturated carbocycles. The number of benzene rings is 2. The van der Waals surface area contributed by atoms with Crippen LogP contribution in [0.15, 0.2) is 52.5 Å². The highest BCUT2D eigenvalue weighted by atomic mass is 79.9. The standard InChI is InChI=1S/C17H13BrN2O3/c1-23-15-9-11(8-14(18)16(15)21)7-12(10-19)17(22)20-13-5-3-2-4-6-13/h2-9,21H,1H3,(H,20,22). The molecule has 0 saturated heterocycles. The largest absolute Gasteiger partial charge is 0.503 e. The lowest BCUT2D eigenvalue weighted by Gasteiger charge is -2.07. The number of carbonyl (C=O) groups is 1. The van der Waals surface area contributed by atoms with Gasteiger partial charge in [0.2, 0.25) is 0 Å². The van der Waals surface area contributed by atoms with Crippen molar-refractivity contribution in [2.75, 3.05) is 12.4 Å². The molecule has 0 atom stereocenters. The van der Waals surface area contributed by atoms with Gasteiger partial charge in [0.25, 0.3) is 5.91 Å². The number of hydrogen-bond donors (Lipinski definition) is 2. The highest BCUT2D eigenvalue weighted by Gasteiger charge is 2.12. The number of methoxy groups -OCH3 is 1. The summed E-state index contributed by atoms with van der Waals surface area (Å²) in [4.78, 5) is 12.2. The van der Waals surface area contributed by atoms with Crippen LogP contribution in [0.1, 0.15) is 5.56 Å². The van der Waals surface area contributed by atoms with E-state index in [0.29, 0.717) is 15.7 Å². The Morgan fingerprint density at radius 2 is 2.04 bits per heavy atom. The third-order valence-corrected chi connectivity index (χ3v) is 3.58. The summed E-state index contributed by atoms with van der Waals surface area (Å²) >= 11 is 3.20. The zero-order valence-corrected chi connectivity index (χ0v) is 13.8. The highest BCUT2D eigenvalue weighted by molar-refractivity contribution is 9.10. The molecule has 0 radical (unpaired) electrons. The van der Waals surface area contributed by atoms with Crippen LogP contribution in [0.2, 0.25) is 0 Å². The first-order valence-electron chi connectivity index (χ1n) is 6.60. The Morgan fingerprint density at radius 1 is 1.35 bits per heavy atom. The second kappa shape index (κ2) is 7.47. The maximum absolute atomic E-state index is 12.2. The molecule has 0 aliphatic rings. The fraction of sp³-hybridized carbons (Fsp3) is 0.0588. The van der Waals surface area contributed by atoms with Gasteiger partial charge in [-0.3, -0.25) is 4.79 Å². The van der Waals surface area contributed by atoms with Crippen LogP contribution in [0.5, 0.6) is 11.5 Å². The van der Waals surface area contributed by atoms with Crippen LogP contribution in [-0.4, -0.2) is 18.1 Å². The Hall–Kier alpha value is -2.78. The minimum Gasteiger partial charge on any atom is -0.503 e. The number of hydrogen-bond acceptors (Lipinski definition) is 4. The molecule has 1 amide bonds. The van der Waals surface area contributed by atoms with Gasteiger partial charge in [0.15, 0.2) is 11.5 Å². The van der Waals surface area contributed by atoms with Gasteiger partial charge in [-0.1, -0.05) is 18.2 Å². The molecule has 2 aromatic carbocycles. The van der Waals surface area contributed by atoms with Crippen molar-refractivity contribution in [3.8, 4) is 17.6 Å². The number of amides is 1. The van der Waals surface area contributed by atoms with Crippen LogP contribution in [-0.2, 0) is 4.79 Å². The number of rotatable bonds is 4. The summed E-state index contributed by atoms with van der Waals surface area (Å²) in [6, 6.07) is 13.9. The lowest BCUT2D eigenvalue weighted by atomic mass is 10.1. The van der Waals surface area contributed by atoms with Crippen molar-refractivity contribution in [3.05, 3.63) is 58.1 Å². The Kier molecular flexibility index (Phi) is 5.39. The molecule has 116 valence electrons. The third-order valence-electron chi connectivity index (χ3n) is 2.98. The first-order chi connectivity index (χ1) is 11.0. The van der Waals surface area contributed by atoms with E-state index in [1.165, 1.54) is 19.3 Å². The minimum absolute atomic E-state index is 0.0445. The van der Waals surface area contributed by atoms with Crippen LogP contribution in [0.25, 0.3) is 6.08 Å². The molecule has 0 bridgehead atoms. The average molecular weight is 373 g/mol. The Bertz CT molecular complexity index is 795. The van der Waals surface area contributed by atoms with E-state index in [0.717, 1.165) is 0 Å². The number of carbonyl (C=O) groups excluding carboxylic acids is 1. The quantitative estimate of drug-likeness (QED) is 0.632. The van der Waals surface area contributed by atoms with E-state index in [1.54, 1.807) is 30.3 Å². The first kappa shape index (κ1) is 16.6. The van der Waals surface area contributed by atoms with Crippen molar-refractivity contribution in [2.45, 2.75) is 0 Å². The topological polar surface area (TPSA) is 82.3 Å². The molecule has 2 rings (SSSR count). The van der Waals surface area contributed by atoms with Crippen LogP contribution >= 0.6 is 15.9 Å². The number of halogens is 1. The molecule has 2 aromatic rings. The first-order valence-corrected chi connectivity index (χ1v) is 7.39. The van der Waals surface area contributed by atoms with Crippen molar-refractivity contribution in [3.63, 3.8) is 0 Å². The third kappa shape index (κ3) is 4.11. The van der Waals surface area contributed by atoms with Gasteiger partial charge in [0, 0.05) is 5.69 Å². The summed E-state index contributed by atoms with van der Waals surface area (Å²) in [6.45, 7) is 0. The maximum Gasteiger partial charge on any atom is 0.266 e. The second-order valence-corrected chi connectivity index (χ2v) is 5.40. The normalized spacial score (nSPS) is 10.7. The predicted molar refractivity (Wildman–Crippen MR) is 91.0 cm³/mol. The van der Waals surface area contributed by atoms with E-state index in [-0.39, 0.29) is 17.1 Å². The summed E-state index contributed by atoms with van der Waals surface area (Å²) in [6.07, 6.45) is 1.42. The maximum atomic E-state index is 12.2. The Balaban J connectivity index is 2.30. The van der Waals surface area contributed by atoms with Gasteiger partial charge in [0.1, 0.15) is 11.6 Å². The number of para-hydroxylation sites is 1. The smallest absolute Gasteiger partial charge is 0.266 e. The van der Waals surface area contributed by atoms with Crippen molar-refractivity contribution in [1.29, 1.82) is 5.26 Å². The van der Waals surface area contributed by atoms with Gasteiger partial charge in [0.05, 0.1) is 11.6 Å². The Morgan fingerprint density at radius 3 is 2.65 bits per heavy atom. The van der Waals surface area contributed by atoms with Gasteiger partial charge in [-0.2, -0.15) is 5.26 Å². The van der Waals surface area contributed by atoms with E-state index in [4.69, 9.17) is 4.74 Å². The molecule has 0 aliphatic heterocycles. The highest BCUT2D eigenvalue weighted by Crippen LogP contribution is 2.35. The molecule has 6 heteroatoms. The van der Waals surface area contributed by atoms with E-state index in [1.807, 2.05) is 12.1 Å². The van der Waals surface area contributed by atoms with Crippen LogP contribution in [0.4, 0.5) is 5.69 Å². The predicted octanol–water partition coefficient (Wildman–Crippen LogP) is 3.71. The van der Waals surface area contributed by atoms with Gasteiger partial charge in [-0.05, 0) is 51.8 Å². The van der Waals surface area contributed by atoms with Crippen LogP contribution < -0.4 is 10.1 Å². The molecule has 2 N–H and O–H groups in total. The molecule has 0 fully saturated rings. The average Bonchev–Trinajstić information content (AvgIpc) is 2.56. The van der Waals surface area contributed by atoms with Crippen molar-refractivity contribution < 1.29 is 14.6 Å². The van der Waals surface area contributed by atoms with Gasteiger partial charge in [-0.25, -0.2) is 0 Å². The molecule has 0 aliphatic carbocycles. The van der Waals surface area contributed by atoms with Crippen molar-refractivity contribution in [2.24, 2.45) is 0 Å². The van der Waals surface area contributed by atoms with Crippen molar-refractivity contribution in [1.82, 2.24) is 0 Å². The van der Waals surface area contributed by atoms with Gasteiger partial charge < -0.3 is 15.2 Å². The number of nitrogens with zero attached hydrogens (tertiary/aromatic N) is 1. The lowest BCUT2D eigenvalue weighted by molar-refractivity contribution is -0.112. The number of aromatic hydroxyl groups is 1. The van der Waals surface area contributed by atoms with Gasteiger partial charge in [-0.15, -0.1) is 0 Å². The van der Waals surface area contributed by atoms with Crippen molar-refractivity contribution >= 4 is 33.6 Å². The molecular weight excluding hydrogens is 360 g/mol. The molecular formula is C17H13BrN2O3. The summed E-state index contributed by atoms with van der Waals surface area (Å²) in [5.41, 5.74) is 1.09. The SMILES string of the molecule is COc1cc(C=C(C#N)C(=O)Nc2ccccc2)cc(Br)c1O. The van der Waals surface area contributed by atoms with Crippen LogP contribution in [0, 0.1) is 11.3 Å². The van der Waals surface area contributed by atoms with E-state index < -0.39 is 5.91 Å². The number of ether oxygens (including phenoxy) is 1. The van der Waals surface area contributed by atoms with Gasteiger partial charge >= 0.3 is 0 Å². The number of nitriles is 1. The summed E-state index contributed by atoms with van der Waals surface area (Å²) in [5, 5.41) is 21.6. The van der Waals surface area contributed by atoms with E-state index >= 15 is 0 Å². The molecule has 0 aromatic heterocycles. The molecule has 0 heterocycles. The fourth-order valence-corrected chi connectivity index (χ4v) is 2.33. The molecule has 23 heavy (non-hydrogen) atoms. The van der Waals surface area contributed by atoms with E-state index in [9.17, 15) is 15.2 Å². The summed E-state index contributed by atoms with van der Waals surface area (Å²) in [7, 11) is 1.42. The molecule has 5 nitrogen and oxygen atoms in total. The lowest BCUT2D eigenvalue weighted by Crippen LogP contribution is -2.13. The monoisotopic (exact) mass is 372 g/mol. The minimum atomic E-state index is -0.512. The summed E-state index contributed by atoms with van der Waals surface area (Å²) in [5.74, 6) is -0.315. The number of nitrogens with one attached hydrogen (secondary N) is 1. The number of phenols is 1. The van der Waals surface area contributed by atoms with E-state index in [2.05, 4.69) is 21.2 Å². The molecule has 0 unspecified atom stereocenters. The second-order valence-electron chi connectivity index (χ2n) is 4.54. The number of phenolic OH excluding ortho intramolecular Hbond substituents is 1. The van der Waals surface area contributed by atoms with Crippen LogP contribution in [0.3, 0.4) is 0 Å². The molecule has 0 spiro atoms. The fourth-order valence-electron chi connectivity index (χ4n) is 1.87.